The van der Waals surface area contributed by atoms with Crippen LogP contribution in [0, 0.1) is 0 Å². The number of thioether (sulfide) groups is 1. The van der Waals surface area contributed by atoms with Crippen LogP contribution in [-0.2, 0) is 16.1 Å². The second kappa shape index (κ2) is 6.88. The van der Waals surface area contributed by atoms with Crippen LogP contribution >= 0.6 is 11.8 Å². The molecule has 1 aromatic rings. The lowest BCUT2D eigenvalue weighted by Gasteiger charge is -2.15. The van der Waals surface area contributed by atoms with Crippen LogP contribution < -0.4 is 16.1 Å². The number of hydroxylamine groups is 1. The van der Waals surface area contributed by atoms with E-state index in [2.05, 4.69) is 21.1 Å². The van der Waals surface area contributed by atoms with Gasteiger partial charge in [-0.25, -0.2) is 24.1 Å². The van der Waals surface area contributed by atoms with Gasteiger partial charge in [0, 0.05) is 11.8 Å². The number of nitrogens with zero attached hydrogens (tertiary/aromatic N) is 1. The maximum absolute atomic E-state index is 12.7. The minimum absolute atomic E-state index is 0.0486. The Hall–Kier alpha value is -2.13. The molecule has 26 heavy (non-hydrogen) atoms. The van der Waals surface area contributed by atoms with Gasteiger partial charge in [0.2, 0.25) is 6.23 Å². The number of carbonyl (C=O) groups is 1. The van der Waals surface area contributed by atoms with Gasteiger partial charge < -0.3 is 10.6 Å². The fourth-order valence-corrected chi connectivity index (χ4v) is 4.07. The molecule has 4 rings (SSSR count). The summed E-state index contributed by atoms with van der Waals surface area (Å²) in [6.45, 7) is 2.00. The normalized spacial score (nSPS) is 26.8. The van der Waals surface area contributed by atoms with Crippen LogP contribution in [0.3, 0.4) is 0 Å². The summed E-state index contributed by atoms with van der Waals surface area (Å²) in [5.74, 6) is 0.224. The van der Waals surface area contributed by atoms with E-state index in [1.54, 1.807) is 12.3 Å². The smallest absolute Gasteiger partial charge is 0.286 e. The number of aryl methyl sites for hydroxylation is 1. The first-order valence-electron chi connectivity index (χ1n) is 8.36. The zero-order valence-electron chi connectivity index (χ0n) is 14.0. The highest BCUT2D eigenvalue weighted by Gasteiger charge is 2.30. The number of amides is 1. The van der Waals surface area contributed by atoms with Crippen molar-refractivity contribution >= 4 is 23.5 Å². The third-order valence-electron chi connectivity index (χ3n) is 4.52. The molecule has 9 heteroatoms. The third kappa shape index (κ3) is 3.28. The Morgan fingerprint density at radius 1 is 1.46 bits per heavy atom. The topological polar surface area (TPSA) is 74.8 Å². The van der Waals surface area contributed by atoms with Crippen molar-refractivity contribution in [2.24, 2.45) is 4.99 Å². The largest absolute Gasteiger partial charge is 0.378 e. The molecule has 1 aromatic carbocycles. The Morgan fingerprint density at radius 2 is 2.31 bits per heavy atom. The lowest BCUT2D eigenvalue weighted by molar-refractivity contribution is -0.117. The van der Waals surface area contributed by atoms with E-state index >= 15 is 0 Å². The number of rotatable bonds is 4. The number of hydrogen-bond donors (Lipinski definition) is 3. The van der Waals surface area contributed by atoms with Gasteiger partial charge >= 0.3 is 0 Å². The molecule has 6 nitrogen and oxygen atoms in total. The third-order valence-corrected chi connectivity index (χ3v) is 5.57. The summed E-state index contributed by atoms with van der Waals surface area (Å²) in [7, 11) is 0. The minimum atomic E-state index is -2.67. The highest BCUT2D eigenvalue weighted by Crippen LogP contribution is 2.33. The van der Waals surface area contributed by atoms with Crippen molar-refractivity contribution < 1.29 is 18.4 Å². The number of carbonyl (C=O) groups excluding carboxylic acids is 1. The van der Waals surface area contributed by atoms with Crippen molar-refractivity contribution in [3.05, 3.63) is 46.0 Å². The summed E-state index contributed by atoms with van der Waals surface area (Å²) in [5, 5.41) is 6.37. The van der Waals surface area contributed by atoms with Gasteiger partial charge in [0.1, 0.15) is 0 Å². The van der Waals surface area contributed by atoms with Gasteiger partial charge in [-0.3, -0.25) is 4.79 Å². The van der Waals surface area contributed by atoms with Gasteiger partial charge in [-0.05, 0) is 37.0 Å². The SMILES string of the molecule is CC1NC=C(C(=O)N[C@@H]2CCc3cc(C4=NC(C(F)F)ON4)ccc32)S1. The maximum Gasteiger partial charge on any atom is 0.286 e. The quantitative estimate of drug-likeness (QED) is 0.747. The molecule has 0 aromatic heterocycles. The summed E-state index contributed by atoms with van der Waals surface area (Å²) in [6, 6.07) is 5.59. The molecule has 3 aliphatic rings. The molecule has 0 bridgehead atoms. The fraction of sp³-hybridized carbons (Fsp3) is 0.412. The zero-order chi connectivity index (χ0) is 18.3. The monoisotopic (exact) mass is 380 g/mol. The molecule has 2 aliphatic heterocycles. The van der Waals surface area contributed by atoms with Crippen molar-refractivity contribution in [1.82, 2.24) is 16.1 Å². The first-order valence-corrected chi connectivity index (χ1v) is 9.24. The molecular weight excluding hydrogens is 362 g/mol. The van der Waals surface area contributed by atoms with E-state index in [4.69, 9.17) is 4.84 Å². The summed E-state index contributed by atoms with van der Waals surface area (Å²) >= 11 is 1.50. The number of amidine groups is 1. The van der Waals surface area contributed by atoms with E-state index in [9.17, 15) is 13.6 Å². The van der Waals surface area contributed by atoms with E-state index < -0.39 is 12.7 Å². The van der Waals surface area contributed by atoms with Gasteiger partial charge in [-0.1, -0.05) is 23.9 Å². The number of aliphatic imine (C=N–C) groups is 1. The van der Waals surface area contributed by atoms with E-state index in [1.165, 1.54) is 11.8 Å². The van der Waals surface area contributed by atoms with Crippen LogP contribution in [0.25, 0.3) is 0 Å². The van der Waals surface area contributed by atoms with E-state index in [-0.39, 0.29) is 17.3 Å². The van der Waals surface area contributed by atoms with Crippen LogP contribution in [0.1, 0.15) is 36.1 Å². The van der Waals surface area contributed by atoms with Gasteiger partial charge in [0.15, 0.2) is 5.84 Å². The molecule has 0 saturated carbocycles. The van der Waals surface area contributed by atoms with Crippen LogP contribution in [0.15, 0.2) is 34.3 Å². The Kier molecular flexibility index (Phi) is 4.58. The lowest BCUT2D eigenvalue weighted by Crippen LogP contribution is -2.27. The van der Waals surface area contributed by atoms with Crippen LogP contribution in [0.5, 0.6) is 0 Å². The standard InChI is InChI=1S/C17H18F2N4O2S/c1-8-20-7-13(26-8)16(24)21-12-5-3-9-6-10(2-4-11(9)12)15-22-17(14(18)19)25-23-15/h2,4,6-8,12,14,17,20H,3,5H2,1H3,(H,21,24)(H,22,23)/t8?,12-,17?/m1/s1. The molecule has 1 aliphatic carbocycles. The van der Waals surface area contributed by atoms with Gasteiger partial charge in [0.05, 0.1) is 16.3 Å². The molecule has 138 valence electrons. The van der Waals surface area contributed by atoms with Crippen molar-refractivity contribution in [3.63, 3.8) is 0 Å². The predicted octanol–water partition coefficient (Wildman–Crippen LogP) is 2.19. The van der Waals surface area contributed by atoms with E-state index in [0.717, 1.165) is 24.0 Å². The second-order valence-electron chi connectivity index (χ2n) is 6.34. The zero-order valence-corrected chi connectivity index (χ0v) is 14.8. The molecule has 0 spiro atoms. The predicted molar refractivity (Wildman–Crippen MR) is 94.5 cm³/mol. The Bertz CT molecular complexity index is 799. The first kappa shape index (κ1) is 17.3. The lowest BCUT2D eigenvalue weighted by atomic mass is 10.0. The average Bonchev–Trinajstić information content (AvgIpc) is 3.34. The number of fused-ring (bicyclic) bond motifs is 1. The second-order valence-corrected chi connectivity index (χ2v) is 7.72. The van der Waals surface area contributed by atoms with E-state index in [1.807, 2.05) is 19.1 Å². The van der Waals surface area contributed by atoms with Crippen molar-refractivity contribution in [2.75, 3.05) is 0 Å². The van der Waals surface area contributed by atoms with Crippen LogP contribution in [0.4, 0.5) is 8.78 Å². The Labute approximate surface area is 153 Å². The molecule has 3 atom stereocenters. The number of alkyl halides is 2. The summed E-state index contributed by atoms with van der Waals surface area (Å²) in [5.41, 5.74) is 5.30. The maximum atomic E-state index is 12.7. The molecule has 2 unspecified atom stereocenters. The number of benzene rings is 1. The van der Waals surface area contributed by atoms with Gasteiger partial charge in [-0.2, -0.15) is 0 Å². The molecule has 0 radical (unpaired) electrons. The molecule has 2 heterocycles. The van der Waals surface area contributed by atoms with Crippen LogP contribution in [0.2, 0.25) is 0 Å². The van der Waals surface area contributed by atoms with E-state index in [0.29, 0.717) is 16.3 Å². The van der Waals surface area contributed by atoms with Crippen molar-refractivity contribution in [2.45, 2.75) is 43.8 Å². The Morgan fingerprint density at radius 3 is 3.00 bits per heavy atom. The number of nitrogens with one attached hydrogen (secondary N) is 3. The highest BCUT2D eigenvalue weighted by atomic mass is 32.2. The molecule has 0 saturated heterocycles. The molecule has 3 N–H and O–H groups in total. The fourth-order valence-electron chi connectivity index (χ4n) is 3.25. The number of hydrogen-bond acceptors (Lipinski definition) is 6. The summed E-state index contributed by atoms with van der Waals surface area (Å²) in [6.07, 6.45) is -0.789. The van der Waals surface area contributed by atoms with Gasteiger partial charge in [-0.15, -0.1) is 0 Å². The Balaban J connectivity index is 1.47. The average molecular weight is 380 g/mol. The molecule has 0 fully saturated rings. The van der Waals surface area contributed by atoms with Crippen molar-refractivity contribution in [1.29, 1.82) is 0 Å². The minimum Gasteiger partial charge on any atom is -0.378 e. The summed E-state index contributed by atoms with van der Waals surface area (Å²) < 4.78 is 25.3. The first-order chi connectivity index (χ1) is 12.5. The summed E-state index contributed by atoms with van der Waals surface area (Å²) in [4.78, 5) is 21.7. The van der Waals surface area contributed by atoms with Crippen molar-refractivity contribution in [3.8, 4) is 0 Å². The molecule has 1 amide bonds. The number of halogens is 2. The molecular formula is C17H18F2N4O2S. The highest BCUT2D eigenvalue weighted by molar-refractivity contribution is 8.04. The van der Waals surface area contributed by atoms with Crippen LogP contribution in [-0.4, -0.2) is 29.8 Å². The van der Waals surface area contributed by atoms with Gasteiger partial charge in [0.25, 0.3) is 12.3 Å².